The maximum atomic E-state index is 10.1. The van der Waals surface area contributed by atoms with Gasteiger partial charge in [-0.1, -0.05) is 12.5 Å². The SMILES string of the molecule is COc1cc2c(cc1CC1(O)CC1)CCCCC2. The highest BCUT2D eigenvalue weighted by Crippen LogP contribution is 2.41. The van der Waals surface area contributed by atoms with Gasteiger partial charge in [0.05, 0.1) is 12.7 Å². The molecule has 1 fully saturated rings. The van der Waals surface area contributed by atoms with Crippen molar-refractivity contribution in [2.24, 2.45) is 0 Å². The van der Waals surface area contributed by atoms with E-state index in [9.17, 15) is 5.11 Å². The maximum absolute atomic E-state index is 10.1. The van der Waals surface area contributed by atoms with Gasteiger partial charge in [0.25, 0.3) is 0 Å². The van der Waals surface area contributed by atoms with Gasteiger partial charge in [-0.2, -0.15) is 0 Å². The average molecular weight is 246 g/mol. The summed E-state index contributed by atoms with van der Waals surface area (Å²) in [4.78, 5) is 0. The van der Waals surface area contributed by atoms with E-state index in [-0.39, 0.29) is 0 Å². The molecule has 2 aliphatic carbocycles. The van der Waals surface area contributed by atoms with Crippen LogP contribution in [0.2, 0.25) is 0 Å². The lowest BCUT2D eigenvalue weighted by molar-refractivity contribution is 0.150. The molecule has 0 amide bonds. The standard InChI is InChI=1S/C16H22O2/c1-18-15-10-13-6-4-2-3-5-12(13)9-14(15)11-16(17)7-8-16/h9-10,17H,2-8,11H2,1H3. The van der Waals surface area contributed by atoms with Gasteiger partial charge in [0.1, 0.15) is 5.75 Å². The summed E-state index contributed by atoms with van der Waals surface area (Å²) in [6.07, 6.45) is 8.91. The summed E-state index contributed by atoms with van der Waals surface area (Å²) in [5.41, 5.74) is 3.69. The molecule has 0 aliphatic heterocycles. The molecule has 2 aliphatic rings. The van der Waals surface area contributed by atoms with Crippen LogP contribution in [0.15, 0.2) is 12.1 Å². The highest BCUT2D eigenvalue weighted by atomic mass is 16.5. The molecule has 3 rings (SSSR count). The van der Waals surface area contributed by atoms with E-state index in [0.29, 0.717) is 0 Å². The van der Waals surface area contributed by atoms with Crippen molar-refractivity contribution < 1.29 is 9.84 Å². The number of methoxy groups -OCH3 is 1. The normalized spacial score (nSPS) is 21.0. The van der Waals surface area contributed by atoms with Crippen molar-refractivity contribution in [1.29, 1.82) is 0 Å². The molecule has 1 aromatic rings. The van der Waals surface area contributed by atoms with Gasteiger partial charge in [0.15, 0.2) is 0 Å². The molecule has 0 saturated heterocycles. The predicted octanol–water partition coefficient (Wildman–Crippen LogP) is 3.03. The molecule has 0 spiro atoms. The van der Waals surface area contributed by atoms with Crippen LogP contribution in [-0.2, 0) is 19.3 Å². The van der Waals surface area contributed by atoms with Crippen LogP contribution >= 0.6 is 0 Å². The second kappa shape index (κ2) is 4.58. The Morgan fingerprint density at radius 3 is 2.39 bits per heavy atom. The molecule has 0 bridgehead atoms. The lowest BCUT2D eigenvalue weighted by Gasteiger charge is -2.16. The Bertz CT molecular complexity index is 447. The Balaban J connectivity index is 1.94. The summed E-state index contributed by atoms with van der Waals surface area (Å²) >= 11 is 0. The fourth-order valence-electron chi connectivity index (χ4n) is 2.99. The molecule has 0 aromatic heterocycles. The molecule has 2 nitrogen and oxygen atoms in total. The molecule has 1 aromatic carbocycles. The number of benzene rings is 1. The van der Waals surface area contributed by atoms with Crippen LogP contribution in [-0.4, -0.2) is 17.8 Å². The third-order valence-electron chi connectivity index (χ3n) is 4.34. The van der Waals surface area contributed by atoms with Crippen molar-refractivity contribution in [2.75, 3.05) is 7.11 Å². The first-order chi connectivity index (χ1) is 8.70. The molecule has 1 N–H and O–H groups in total. The lowest BCUT2D eigenvalue weighted by atomic mass is 9.96. The lowest BCUT2D eigenvalue weighted by Crippen LogP contribution is -2.12. The minimum absolute atomic E-state index is 0.438. The number of fused-ring (bicyclic) bond motifs is 1. The molecule has 0 atom stereocenters. The largest absolute Gasteiger partial charge is 0.496 e. The third-order valence-corrected chi connectivity index (χ3v) is 4.34. The molecular formula is C16H22O2. The Morgan fingerprint density at radius 2 is 1.78 bits per heavy atom. The highest BCUT2D eigenvalue weighted by Gasteiger charge is 2.40. The number of aryl methyl sites for hydroxylation is 2. The van der Waals surface area contributed by atoms with Crippen LogP contribution in [0.4, 0.5) is 0 Å². The van der Waals surface area contributed by atoms with Gasteiger partial charge in [-0.15, -0.1) is 0 Å². The van der Waals surface area contributed by atoms with Gasteiger partial charge >= 0.3 is 0 Å². The third kappa shape index (κ3) is 2.39. The van der Waals surface area contributed by atoms with Crippen LogP contribution in [0.1, 0.15) is 48.8 Å². The zero-order valence-corrected chi connectivity index (χ0v) is 11.2. The van der Waals surface area contributed by atoms with E-state index in [4.69, 9.17) is 4.74 Å². The number of aliphatic hydroxyl groups is 1. The van der Waals surface area contributed by atoms with Crippen LogP contribution in [0.5, 0.6) is 5.75 Å². The highest BCUT2D eigenvalue weighted by molar-refractivity contribution is 5.44. The van der Waals surface area contributed by atoms with Crippen LogP contribution in [0, 0.1) is 0 Å². The minimum Gasteiger partial charge on any atom is -0.496 e. The van der Waals surface area contributed by atoms with Gasteiger partial charge in [-0.3, -0.25) is 0 Å². The molecule has 98 valence electrons. The summed E-state index contributed by atoms with van der Waals surface area (Å²) in [6, 6.07) is 4.50. The number of ether oxygens (including phenoxy) is 1. The van der Waals surface area contributed by atoms with Crippen LogP contribution in [0.25, 0.3) is 0 Å². The average Bonchev–Trinajstić information content (AvgIpc) is 3.11. The quantitative estimate of drug-likeness (QED) is 0.831. The summed E-state index contributed by atoms with van der Waals surface area (Å²) in [6.45, 7) is 0. The molecule has 0 radical (unpaired) electrons. The van der Waals surface area contributed by atoms with Crippen LogP contribution < -0.4 is 4.74 Å². The van der Waals surface area contributed by atoms with Gasteiger partial charge in [-0.05, 0) is 61.3 Å². The van der Waals surface area contributed by atoms with Crippen LogP contribution in [0.3, 0.4) is 0 Å². The van der Waals surface area contributed by atoms with Crippen molar-refractivity contribution in [1.82, 2.24) is 0 Å². The molecular weight excluding hydrogens is 224 g/mol. The van der Waals surface area contributed by atoms with Crippen molar-refractivity contribution in [3.63, 3.8) is 0 Å². The Morgan fingerprint density at radius 1 is 1.11 bits per heavy atom. The Hall–Kier alpha value is -1.02. The maximum Gasteiger partial charge on any atom is 0.122 e. The molecule has 18 heavy (non-hydrogen) atoms. The first kappa shape index (κ1) is 12.0. The fourth-order valence-corrected chi connectivity index (χ4v) is 2.99. The number of rotatable bonds is 3. The van der Waals surface area contributed by atoms with Crippen molar-refractivity contribution >= 4 is 0 Å². The van der Waals surface area contributed by atoms with E-state index in [0.717, 1.165) is 25.0 Å². The second-order valence-corrected chi connectivity index (χ2v) is 5.89. The first-order valence-corrected chi connectivity index (χ1v) is 7.11. The topological polar surface area (TPSA) is 29.5 Å². The molecule has 0 heterocycles. The van der Waals surface area contributed by atoms with Gasteiger partial charge in [0, 0.05) is 6.42 Å². The molecule has 0 unspecified atom stereocenters. The number of hydrogen-bond acceptors (Lipinski definition) is 2. The zero-order chi connectivity index (χ0) is 12.6. The van der Waals surface area contributed by atoms with Crippen molar-refractivity contribution in [2.45, 2.75) is 57.0 Å². The van der Waals surface area contributed by atoms with E-state index >= 15 is 0 Å². The summed E-state index contributed by atoms with van der Waals surface area (Å²) < 4.78 is 5.51. The van der Waals surface area contributed by atoms with Gasteiger partial charge in [-0.25, -0.2) is 0 Å². The number of hydrogen-bond donors (Lipinski definition) is 1. The molecule has 1 saturated carbocycles. The summed E-state index contributed by atoms with van der Waals surface area (Å²) in [5, 5.41) is 10.1. The van der Waals surface area contributed by atoms with Crippen molar-refractivity contribution in [3.05, 3.63) is 28.8 Å². The second-order valence-electron chi connectivity index (χ2n) is 5.89. The Labute approximate surface area is 109 Å². The monoisotopic (exact) mass is 246 g/mol. The van der Waals surface area contributed by atoms with E-state index in [1.807, 2.05) is 0 Å². The van der Waals surface area contributed by atoms with Gasteiger partial charge in [0.2, 0.25) is 0 Å². The van der Waals surface area contributed by atoms with E-state index in [1.54, 1.807) is 7.11 Å². The first-order valence-electron chi connectivity index (χ1n) is 7.11. The summed E-state index contributed by atoms with van der Waals surface area (Å²) in [7, 11) is 1.73. The smallest absolute Gasteiger partial charge is 0.122 e. The summed E-state index contributed by atoms with van der Waals surface area (Å²) in [5.74, 6) is 0.968. The van der Waals surface area contributed by atoms with E-state index in [1.165, 1.54) is 48.8 Å². The zero-order valence-electron chi connectivity index (χ0n) is 11.2. The van der Waals surface area contributed by atoms with Gasteiger partial charge < -0.3 is 9.84 Å². The fraction of sp³-hybridized carbons (Fsp3) is 0.625. The van der Waals surface area contributed by atoms with Crippen molar-refractivity contribution in [3.8, 4) is 5.75 Å². The molecule has 2 heteroatoms. The Kier molecular flexibility index (Phi) is 3.06. The minimum atomic E-state index is -0.438. The predicted molar refractivity (Wildman–Crippen MR) is 72.1 cm³/mol. The van der Waals surface area contributed by atoms with E-state index in [2.05, 4.69) is 12.1 Å². The van der Waals surface area contributed by atoms with E-state index < -0.39 is 5.60 Å².